The van der Waals surface area contributed by atoms with E-state index in [1.165, 1.54) is 11.3 Å². The normalized spacial score (nSPS) is 15.2. The Kier molecular flexibility index (Phi) is 5.08. The summed E-state index contributed by atoms with van der Waals surface area (Å²) in [5.74, 6) is 0.971. The summed E-state index contributed by atoms with van der Waals surface area (Å²) < 4.78 is 13.0. The molecule has 1 aromatic heterocycles. The SMILES string of the molecule is CCOCc1nccn1Cc1ccc(N2CCOCC2)cc1. The smallest absolute Gasteiger partial charge is 0.135 e. The maximum Gasteiger partial charge on any atom is 0.135 e. The maximum absolute atomic E-state index is 5.45. The fourth-order valence-electron chi connectivity index (χ4n) is 2.65. The van der Waals surface area contributed by atoms with Gasteiger partial charge in [-0.1, -0.05) is 12.1 Å². The molecule has 0 atom stereocenters. The first-order chi connectivity index (χ1) is 10.9. The van der Waals surface area contributed by atoms with Gasteiger partial charge in [0.15, 0.2) is 0 Å². The molecule has 3 rings (SSSR count). The highest BCUT2D eigenvalue weighted by molar-refractivity contribution is 5.48. The molecule has 0 amide bonds. The first kappa shape index (κ1) is 15.1. The Morgan fingerprint density at radius 1 is 1.18 bits per heavy atom. The summed E-state index contributed by atoms with van der Waals surface area (Å²) in [5.41, 5.74) is 2.54. The summed E-state index contributed by atoms with van der Waals surface area (Å²) in [4.78, 5) is 6.72. The Labute approximate surface area is 131 Å². The van der Waals surface area contributed by atoms with Crippen molar-refractivity contribution in [3.63, 3.8) is 0 Å². The number of morpholine rings is 1. The van der Waals surface area contributed by atoms with Crippen LogP contribution in [0.5, 0.6) is 0 Å². The first-order valence-corrected chi connectivity index (χ1v) is 7.86. The molecule has 0 radical (unpaired) electrons. The first-order valence-electron chi connectivity index (χ1n) is 7.86. The van der Waals surface area contributed by atoms with E-state index in [-0.39, 0.29) is 0 Å². The minimum atomic E-state index is 0.565. The molecule has 118 valence electrons. The molecule has 1 aliphatic heterocycles. The van der Waals surface area contributed by atoms with Crippen molar-refractivity contribution in [2.75, 3.05) is 37.8 Å². The van der Waals surface area contributed by atoms with E-state index in [2.05, 4.69) is 38.7 Å². The number of anilines is 1. The summed E-state index contributed by atoms with van der Waals surface area (Å²) in [6.07, 6.45) is 3.83. The summed E-state index contributed by atoms with van der Waals surface area (Å²) in [6.45, 7) is 7.67. The number of hydrogen-bond acceptors (Lipinski definition) is 4. The van der Waals surface area contributed by atoms with Crippen molar-refractivity contribution in [3.05, 3.63) is 48.0 Å². The van der Waals surface area contributed by atoms with Crippen LogP contribution in [0.4, 0.5) is 5.69 Å². The van der Waals surface area contributed by atoms with Crippen LogP contribution in [0, 0.1) is 0 Å². The molecular formula is C17H23N3O2. The predicted molar refractivity (Wildman–Crippen MR) is 86.1 cm³/mol. The largest absolute Gasteiger partial charge is 0.378 e. The van der Waals surface area contributed by atoms with Crippen molar-refractivity contribution in [2.24, 2.45) is 0 Å². The van der Waals surface area contributed by atoms with Gasteiger partial charge in [-0.05, 0) is 24.6 Å². The minimum absolute atomic E-state index is 0.565. The van der Waals surface area contributed by atoms with Gasteiger partial charge in [-0.15, -0.1) is 0 Å². The van der Waals surface area contributed by atoms with Crippen LogP contribution in [0.3, 0.4) is 0 Å². The van der Waals surface area contributed by atoms with Crippen LogP contribution in [0.15, 0.2) is 36.7 Å². The van der Waals surface area contributed by atoms with Gasteiger partial charge in [0, 0.05) is 44.3 Å². The Hall–Kier alpha value is -1.85. The number of aromatic nitrogens is 2. The number of rotatable bonds is 6. The quantitative estimate of drug-likeness (QED) is 0.821. The lowest BCUT2D eigenvalue weighted by molar-refractivity contribution is 0.122. The fraction of sp³-hybridized carbons (Fsp3) is 0.471. The van der Waals surface area contributed by atoms with Gasteiger partial charge in [0.2, 0.25) is 0 Å². The summed E-state index contributed by atoms with van der Waals surface area (Å²) in [5, 5.41) is 0. The number of hydrogen-bond donors (Lipinski definition) is 0. The monoisotopic (exact) mass is 301 g/mol. The molecule has 2 aromatic rings. The second-order valence-electron chi connectivity index (χ2n) is 5.37. The number of imidazole rings is 1. The second-order valence-corrected chi connectivity index (χ2v) is 5.37. The second kappa shape index (κ2) is 7.42. The van der Waals surface area contributed by atoms with E-state index >= 15 is 0 Å². The van der Waals surface area contributed by atoms with Gasteiger partial charge in [-0.2, -0.15) is 0 Å². The molecular weight excluding hydrogens is 278 g/mol. The highest BCUT2D eigenvalue weighted by atomic mass is 16.5. The molecule has 0 bridgehead atoms. The van der Waals surface area contributed by atoms with Gasteiger partial charge in [0.25, 0.3) is 0 Å². The lowest BCUT2D eigenvalue weighted by Crippen LogP contribution is -2.36. The van der Waals surface area contributed by atoms with E-state index in [0.717, 1.165) is 38.7 Å². The summed E-state index contributed by atoms with van der Waals surface area (Å²) in [7, 11) is 0. The Balaban J connectivity index is 1.64. The van der Waals surface area contributed by atoms with E-state index in [4.69, 9.17) is 9.47 Å². The highest BCUT2D eigenvalue weighted by Crippen LogP contribution is 2.17. The average Bonchev–Trinajstić information content (AvgIpc) is 3.01. The van der Waals surface area contributed by atoms with E-state index in [0.29, 0.717) is 13.2 Å². The maximum atomic E-state index is 5.45. The van der Waals surface area contributed by atoms with Crippen molar-refractivity contribution >= 4 is 5.69 Å². The third-order valence-electron chi connectivity index (χ3n) is 3.90. The van der Waals surface area contributed by atoms with Gasteiger partial charge in [0.1, 0.15) is 12.4 Å². The standard InChI is InChI=1S/C17H23N3O2/c1-2-21-14-17-18-7-8-20(17)13-15-3-5-16(6-4-15)19-9-11-22-12-10-19/h3-8H,2,9-14H2,1H3. The van der Waals surface area contributed by atoms with Crippen LogP contribution in [0.1, 0.15) is 18.3 Å². The van der Waals surface area contributed by atoms with Crippen molar-refractivity contribution in [2.45, 2.75) is 20.1 Å². The molecule has 5 nitrogen and oxygen atoms in total. The topological polar surface area (TPSA) is 39.5 Å². The van der Waals surface area contributed by atoms with Gasteiger partial charge in [-0.25, -0.2) is 4.98 Å². The third kappa shape index (κ3) is 3.67. The highest BCUT2D eigenvalue weighted by Gasteiger charge is 2.11. The molecule has 2 heterocycles. The van der Waals surface area contributed by atoms with Crippen molar-refractivity contribution < 1.29 is 9.47 Å². The van der Waals surface area contributed by atoms with E-state index in [1.807, 2.05) is 19.3 Å². The number of nitrogens with zero attached hydrogens (tertiary/aromatic N) is 3. The predicted octanol–water partition coefficient (Wildman–Crippen LogP) is 2.30. The molecule has 1 aliphatic rings. The fourth-order valence-corrected chi connectivity index (χ4v) is 2.65. The van der Waals surface area contributed by atoms with Gasteiger partial charge >= 0.3 is 0 Å². The number of benzene rings is 1. The van der Waals surface area contributed by atoms with Crippen LogP contribution >= 0.6 is 0 Å². The average molecular weight is 301 g/mol. The number of ether oxygens (including phenoxy) is 2. The zero-order chi connectivity index (χ0) is 15.2. The van der Waals surface area contributed by atoms with Gasteiger partial charge in [0.05, 0.1) is 13.2 Å². The summed E-state index contributed by atoms with van der Waals surface area (Å²) in [6, 6.07) is 8.77. The summed E-state index contributed by atoms with van der Waals surface area (Å²) >= 11 is 0. The lowest BCUT2D eigenvalue weighted by atomic mass is 10.2. The molecule has 1 saturated heterocycles. The van der Waals surface area contributed by atoms with E-state index in [1.54, 1.807) is 0 Å². The van der Waals surface area contributed by atoms with Crippen molar-refractivity contribution in [1.82, 2.24) is 9.55 Å². The van der Waals surface area contributed by atoms with Gasteiger partial charge in [-0.3, -0.25) is 0 Å². The molecule has 0 saturated carbocycles. The Bertz CT molecular complexity index is 574. The van der Waals surface area contributed by atoms with Crippen LogP contribution in [0.2, 0.25) is 0 Å². The molecule has 0 N–H and O–H groups in total. The molecule has 1 aromatic carbocycles. The van der Waals surface area contributed by atoms with Gasteiger partial charge < -0.3 is 18.9 Å². The molecule has 1 fully saturated rings. The van der Waals surface area contributed by atoms with Crippen LogP contribution in [-0.2, 0) is 22.6 Å². The Morgan fingerprint density at radius 3 is 2.68 bits per heavy atom. The molecule has 0 aliphatic carbocycles. The van der Waals surface area contributed by atoms with Crippen LogP contribution < -0.4 is 4.90 Å². The van der Waals surface area contributed by atoms with E-state index < -0.39 is 0 Å². The third-order valence-corrected chi connectivity index (χ3v) is 3.90. The van der Waals surface area contributed by atoms with Crippen LogP contribution in [-0.4, -0.2) is 42.5 Å². The van der Waals surface area contributed by atoms with E-state index in [9.17, 15) is 0 Å². The lowest BCUT2D eigenvalue weighted by Gasteiger charge is -2.28. The zero-order valence-corrected chi connectivity index (χ0v) is 13.1. The van der Waals surface area contributed by atoms with Crippen LogP contribution in [0.25, 0.3) is 0 Å². The molecule has 5 heteroatoms. The molecule has 22 heavy (non-hydrogen) atoms. The Morgan fingerprint density at radius 2 is 1.95 bits per heavy atom. The zero-order valence-electron chi connectivity index (χ0n) is 13.1. The molecule has 0 spiro atoms. The van der Waals surface area contributed by atoms with Crippen molar-refractivity contribution in [1.29, 1.82) is 0 Å². The minimum Gasteiger partial charge on any atom is -0.378 e. The van der Waals surface area contributed by atoms with Crippen molar-refractivity contribution in [3.8, 4) is 0 Å². The molecule has 0 unspecified atom stereocenters.